The predicted octanol–water partition coefficient (Wildman–Crippen LogP) is 3.72. The van der Waals surface area contributed by atoms with Gasteiger partial charge in [-0.3, -0.25) is 9.97 Å². The molecule has 3 aromatic heterocycles. The third-order valence-electron chi connectivity index (χ3n) is 3.53. The van der Waals surface area contributed by atoms with Crippen molar-refractivity contribution in [2.75, 3.05) is 12.0 Å². The molecule has 0 spiro atoms. The molecular formula is C18H23N5S. The van der Waals surface area contributed by atoms with Gasteiger partial charge in [-0.25, -0.2) is 4.68 Å². The quantitative estimate of drug-likeness (QED) is 0.710. The van der Waals surface area contributed by atoms with Crippen molar-refractivity contribution in [1.82, 2.24) is 19.7 Å². The highest BCUT2D eigenvalue weighted by Crippen LogP contribution is 2.23. The molecule has 6 heteroatoms. The average molecular weight is 341 g/mol. The largest absolute Gasteiger partial charge is 0.397 e. The van der Waals surface area contributed by atoms with Gasteiger partial charge in [0.25, 0.3) is 0 Å². The fourth-order valence-corrected chi connectivity index (χ4v) is 2.49. The Morgan fingerprint density at radius 2 is 1.96 bits per heavy atom. The molecule has 0 unspecified atom stereocenters. The highest BCUT2D eigenvalue weighted by molar-refractivity contribution is 7.79. The molecule has 0 aliphatic rings. The third-order valence-corrected chi connectivity index (χ3v) is 3.53. The van der Waals surface area contributed by atoms with Crippen LogP contribution in [0.5, 0.6) is 0 Å². The van der Waals surface area contributed by atoms with Crippen molar-refractivity contribution in [3.63, 3.8) is 0 Å². The van der Waals surface area contributed by atoms with Gasteiger partial charge in [-0.1, -0.05) is 13.3 Å². The van der Waals surface area contributed by atoms with Crippen LogP contribution >= 0.6 is 12.6 Å². The van der Waals surface area contributed by atoms with Crippen LogP contribution in [0.25, 0.3) is 16.9 Å². The van der Waals surface area contributed by atoms with Gasteiger partial charge in [-0.15, -0.1) is 0 Å². The molecule has 0 aliphatic heterocycles. The first-order valence-corrected chi connectivity index (χ1v) is 8.74. The van der Waals surface area contributed by atoms with E-state index in [0.29, 0.717) is 5.69 Å². The summed E-state index contributed by atoms with van der Waals surface area (Å²) in [6.07, 6.45) is 11.1. The lowest BCUT2D eigenvalue weighted by atomic mass is 10.1. The van der Waals surface area contributed by atoms with Crippen LogP contribution in [0.2, 0.25) is 0 Å². The molecule has 0 saturated heterocycles. The normalized spacial score (nSPS) is 10.2. The molecule has 0 fully saturated rings. The Kier molecular flexibility index (Phi) is 6.37. The van der Waals surface area contributed by atoms with E-state index < -0.39 is 0 Å². The minimum absolute atomic E-state index is 0.673. The Bertz CT molecular complexity index is 798. The van der Waals surface area contributed by atoms with Gasteiger partial charge < -0.3 is 5.73 Å². The van der Waals surface area contributed by atoms with Crippen LogP contribution in [0, 0.1) is 6.92 Å². The van der Waals surface area contributed by atoms with Gasteiger partial charge in [-0.2, -0.15) is 17.7 Å². The van der Waals surface area contributed by atoms with Gasteiger partial charge in [0.15, 0.2) is 0 Å². The number of hydrogen-bond donors (Lipinski definition) is 2. The highest BCUT2D eigenvalue weighted by atomic mass is 32.1. The Balaban J connectivity index is 0.00000100. The summed E-state index contributed by atoms with van der Waals surface area (Å²) in [6.45, 7) is 4.15. The molecule has 0 radical (unpaired) electrons. The van der Waals surface area contributed by atoms with Gasteiger partial charge in [0.2, 0.25) is 0 Å². The summed E-state index contributed by atoms with van der Waals surface area (Å²) in [5.74, 6) is 0. The first-order chi connectivity index (χ1) is 11.7. The van der Waals surface area contributed by atoms with Crippen LogP contribution in [-0.4, -0.2) is 26.0 Å². The lowest BCUT2D eigenvalue weighted by Gasteiger charge is -2.04. The van der Waals surface area contributed by atoms with Crippen molar-refractivity contribution < 1.29 is 0 Å². The van der Waals surface area contributed by atoms with Crippen molar-refractivity contribution in [2.24, 2.45) is 0 Å². The van der Waals surface area contributed by atoms with E-state index in [1.54, 1.807) is 12.5 Å². The van der Waals surface area contributed by atoms with E-state index in [9.17, 15) is 0 Å². The van der Waals surface area contributed by atoms with E-state index in [2.05, 4.69) is 40.7 Å². The smallest absolute Gasteiger partial charge is 0.0764 e. The number of hydrogen-bond acceptors (Lipinski definition) is 5. The summed E-state index contributed by atoms with van der Waals surface area (Å²) in [6, 6.07) is 5.95. The molecule has 0 amide bonds. The van der Waals surface area contributed by atoms with E-state index in [1.807, 2.05) is 42.3 Å². The lowest BCUT2D eigenvalue weighted by Crippen LogP contribution is -1.97. The molecule has 3 rings (SSSR count). The molecule has 0 aromatic carbocycles. The maximum absolute atomic E-state index is 5.76. The standard InChI is InChI=1S/C17H19N5.CH4S/c1-3-4-15-8-16(5-6-19-15)22-11-13(9-21-22)17-12(2)7-14(18)10-20-17;1-2/h5-11H,3-4,18H2,1-2H3;2H,1H3. The van der Waals surface area contributed by atoms with Gasteiger partial charge in [0.05, 0.1) is 29.5 Å². The maximum Gasteiger partial charge on any atom is 0.0764 e. The zero-order valence-electron chi connectivity index (χ0n) is 14.3. The topological polar surface area (TPSA) is 69.6 Å². The monoisotopic (exact) mass is 341 g/mol. The third kappa shape index (κ3) is 4.14. The minimum Gasteiger partial charge on any atom is -0.397 e. The number of nitrogens with zero attached hydrogens (tertiary/aromatic N) is 4. The SMILES string of the molecule is CCCc1cc(-n2cc(-c3ncc(N)cc3C)cn2)ccn1.CS. The highest BCUT2D eigenvalue weighted by Gasteiger charge is 2.08. The number of rotatable bonds is 4. The van der Waals surface area contributed by atoms with Crippen LogP contribution in [0.3, 0.4) is 0 Å². The lowest BCUT2D eigenvalue weighted by molar-refractivity contribution is 0.848. The Labute approximate surface area is 148 Å². The van der Waals surface area contributed by atoms with Crippen LogP contribution in [0.15, 0.2) is 43.0 Å². The van der Waals surface area contributed by atoms with Gasteiger partial charge >= 0.3 is 0 Å². The Hall–Kier alpha value is -2.34. The van der Waals surface area contributed by atoms with Crippen LogP contribution in [-0.2, 0) is 6.42 Å². The minimum atomic E-state index is 0.673. The van der Waals surface area contributed by atoms with Gasteiger partial charge in [0, 0.05) is 23.7 Å². The number of anilines is 1. The van der Waals surface area contributed by atoms with E-state index in [1.165, 1.54) is 0 Å². The van der Waals surface area contributed by atoms with Crippen LogP contribution in [0.4, 0.5) is 5.69 Å². The summed E-state index contributed by atoms with van der Waals surface area (Å²) in [5, 5.41) is 4.45. The molecule has 2 N–H and O–H groups in total. The zero-order valence-corrected chi connectivity index (χ0v) is 15.2. The molecule has 3 aromatic rings. The van der Waals surface area contributed by atoms with Crippen molar-refractivity contribution in [2.45, 2.75) is 26.7 Å². The van der Waals surface area contributed by atoms with Crippen molar-refractivity contribution in [3.05, 3.63) is 54.2 Å². The molecule has 0 saturated carbocycles. The first kappa shape index (κ1) is 18.0. The van der Waals surface area contributed by atoms with E-state index in [0.717, 1.165) is 41.0 Å². The molecule has 0 bridgehead atoms. The second-order valence-corrected chi connectivity index (χ2v) is 5.36. The molecular weight excluding hydrogens is 318 g/mol. The van der Waals surface area contributed by atoms with Crippen molar-refractivity contribution >= 4 is 18.3 Å². The molecule has 0 atom stereocenters. The number of nitrogen functional groups attached to an aromatic ring is 1. The Morgan fingerprint density at radius 1 is 1.17 bits per heavy atom. The second kappa shape index (κ2) is 8.49. The number of aromatic nitrogens is 4. The second-order valence-electron chi connectivity index (χ2n) is 5.36. The zero-order chi connectivity index (χ0) is 17.5. The summed E-state index contributed by atoms with van der Waals surface area (Å²) in [7, 11) is 0. The van der Waals surface area contributed by atoms with Crippen LogP contribution < -0.4 is 5.73 Å². The number of aryl methyl sites for hydroxylation is 2. The molecule has 126 valence electrons. The summed E-state index contributed by atoms with van der Waals surface area (Å²) in [5.41, 5.74) is 11.5. The predicted molar refractivity (Wildman–Crippen MR) is 103 cm³/mol. The van der Waals surface area contributed by atoms with Crippen molar-refractivity contribution in [1.29, 1.82) is 0 Å². The molecule has 5 nitrogen and oxygen atoms in total. The van der Waals surface area contributed by atoms with E-state index in [-0.39, 0.29) is 0 Å². The number of pyridine rings is 2. The van der Waals surface area contributed by atoms with E-state index in [4.69, 9.17) is 5.73 Å². The van der Waals surface area contributed by atoms with Crippen molar-refractivity contribution in [3.8, 4) is 16.9 Å². The molecule has 24 heavy (non-hydrogen) atoms. The van der Waals surface area contributed by atoms with Gasteiger partial charge in [-0.05, 0) is 43.4 Å². The fraction of sp³-hybridized carbons (Fsp3) is 0.278. The Morgan fingerprint density at radius 3 is 2.67 bits per heavy atom. The van der Waals surface area contributed by atoms with E-state index >= 15 is 0 Å². The fourth-order valence-electron chi connectivity index (χ4n) is 2.49. The number of nitrogens with two attached hydrogens (primary N) is 1. The van der Waals surface area contributed by atoms with Gasteiger partial charge in [0.1, 0.15) is 0 Å². The maximum atomic E-state index is 5.76. The molecule has 0 aliphatic carbocycles. The summed E-state index contributed by atoms with van der Waals surface area (Å²) in [4.78, 5) is 8.79. The average Bonchev–Trinajstić information content (AvgIpc) is 3.07. The number of thiol groups is 1. The summed E-state index contributed by atoms with van der Waals surface area (Å²) >= 11 is 3.53. The molecule has 3 heterocycles. The van der Waals surface area contributed by atoms with Crippen LogP contribution in [0.1, 0.15) is 24.6 Å². The first-order valence-electron chi connectivity index (χ1n) is 7.84. The summed E-state index contributed by atoms with van der Waals surface area (Å²) < 4.78 is 1.85.